The van der Waals surface area contributed by atoms with Crippen LogP contribution in [-0.2, 0) is 0 Å². The van der Waals surface area contributed by atoms with Crippen LogP contribution in [0.2, 0.25) is 0 Å². The molecule has 1 amide bonds. The first-order chi connectivity index (χ1) is 10.1. The number of nitrogen functional groups attached to an aromatic ring is 1. The molecule has 6 heteroatoms. The van der Waals surface area contributed by atoms with Crippen LogP contribution in [-0.4, -0.2) is 28.8 Å². The van der Waals surface area contributed by atoms with E-state index in [9.17, 15) is 4.79 Å². The number of rotatable bonds is 2. The highest BCUT2D eigenvalue weighted by Crippen LogP contribution is 2.32. The van der Waals surface area contributed by atoms with Gasteiger partial charge in [0.15, 0.2) is 0 Å². The summed E-state index contributed by atoms with van der Waals surface area (Å²) in [6, 6.07) is 9.22. The number of hydrogen-bond acceptors (Lipinski definition) is 4. The molecule has 6 nitrogen and oxygen atoms in total. The lowest BCUT2D eigenvalue weighted by Gasteiger charge is -2.29. The molecule has 2 aromatic rings. The van der Waals surface area contributed by atoms with Gasteiger partial charge in [-0.1, -0.05) is 12.1 Å². The second-order valence-corrected chi connectivity index (χ2v) is 5.27. The van der Waals surface area contributed by atoms with Crippen LogP contribution in [0, 0.1) is 0 Å². The highest BCUT2D eigenvalue weighted by Gasteiger charge is 2.27. The summed E-state index contributed by atoms with van der Waals surface area (Å²) < 4.78 is 7.24. The first kappa shape index (κ1) is 13.5. The average Bonchev–Trinajstić information content (AvgIpc) is 2.88. The number of carbonyl (C=O) groups is 1. The zero-order valence-electron chi connectivity index (χ0n) is 12.1. The van der Waals surface area contributed by atoms with Crippen LogP contribution in [0.3, 0.4) is 0 Å². The molecule has 0 aliphatic carbocycles. The summed E-state index contributed by atoms with van der Waals surface area (Å²) in [7, 11) is 0. The number of amides is 1. The van der Waals surface area contributed by atoms with Crippen molar-refractivity contribution in [3.8, 4) is 5.75 Å². The number of para-hydroxylation sites is 2. The van der Waals surface area contributed by atoms with Crippen molar-refractivity contribution in [2.24, 2.45) is 0 Å². The molecule has 2 N–H and O–H groups in total. The third-order valence-corrected chi connectivity index (χ3v) is 3.44. The van der Waals surface area contributed by atoms with Crippen LogP contribution < -0.4 is 15.4 Å². The van der Waals surface area contributed by atoms with Crippen LogP contribution in [0.5, 0.6) is 5.75 Å². The van der Waals surface area contributed by atoms with Crippen LogP contribution in [0.25, 0.3) is 0 Å². The van der Waals surface area contributed by atoms with Gasteiger partial charge in [-0.25, -0.2) is 0 Å². The maximum Gasteiger partial charge on any atom is 0.276 e. The van der Waals surface area contributed by atoms with Gasteiger partial charge in [0.1, 0.15) is 23.9 Å². The van der Waals surface area contributed by atoms with Gasteiger partial charge in [0.25, 0.3) is 5.91 Å². The molecule has 0 atom stereocenters. The Kier molecular flexibility index (Phi) is 3.29. The number of aromatic nitrogens is 2. The molecular weight excluding hydrogens is 268 g/mol. The van der Waals surface area contributed by atoms with Crippen molar-refractivity contribution in [3.05, 3.63) is 36.0 Å². The maximum absolute atomic E-state index is 12.9. The van der Waals surface area contributed by atoms with Crippen LogP contribution in [0.15, 0.2) is 30.3 Å². The van der Waals surface area contributed by atoms with E-state index in [1.54, 1.807) is 15.6 Å². The van der Waals surface area contributed by atoms with E-state index in [2.05, 4.69) is 5.10 Å². The summed E-state index contributed by atoms with van der Waals surface area (Å²) in [5, 5.41) is 4.20. The molecule has 0 radical (unpaired) electrons. The molecule has 0 bridgehead atoms. The Morgan fingerprint density at radius 2 is 2.14 bits per heavy atom. The minimum Gasteiger partial charge on any atom is -0.490 e. The smallest absolute Gasteiger partial charge is 0.276 e. The Balaban J connectivity index is 2.01. The van der Waals surface area contributed by atoms with E-state index in [1.807, 2.05) is 38.1 Å². The number of carbonyl (C=O) groups excluding carboxylic acids is 1. The number of fused-ring (bicyclic) bond motifs is 1. The predicted octanol–water partition coefficient (Wildman–Crippen LogP) is 2.09. The van der Waals surface area contributed by atoms with Gasteiger partial charge in [0.2, 0.25) is 0 Å². The number of hydrogen-bond donors (Lipinski definition) is 1. The third kappa shape index (κ3) is 2.33. The summed E-state index contributed by atoms with van der Waals surface area (Å²) >= 11 is 0. The van der Waals surface area contributed by atoms with Gasteiger partial charge < -0.3 is 15.4 Å². The lowest BCUT2D eigenvalue weighted by molar-refractivity contribution is 0.0964. The molecule has 1 aliphatic heterocycles. The molecule has 0 saturated carbocycles. The summed E-state index contributed by atoms with van der Waals surface area (Å²) in [4.78, 5) is 14.6. The highest BCUT2D eigenvalue weighted by molar-refractivity contribution is 6.06. The molecule has 0 saturated heterocycles. The summed E-state index contributed by atoms with van der Waals surface area (Å²) in [6.07, 6.45) is 0. The third-order valence-electron chi connectivity index (χ3n) is 3.44. The Bertz CT molecular complexity index is 678. The average molecular weight is 286 g/mol. The van der Waals surface area contributed by atoms with E-state index in [0.29, 0.717) is 24.7 Å². The first-order valence-electron chi connectivity index (χ1n) is 6.96. The predicted molar refractivity (Wildman–Crippen MR) is 80.6 cm³/mol. The largest absolute Gasteiger partial charge is 0.490 e. The minimum absolute atomic E-state index is 0.0672. The SMILES string of the molecule is CC(C)n1nc(N)cc1C(=O)N1CCOc2ccccc21. The van der Waals surface area contributed by atoms with Crippen molar-refractivity contribution >= 4 is 17.4 Å². The molecule has 0 unspecified atom stereocenters. The van der Waals surface area contributed by atoms with Crippen LogP contribution in [0.4, 0.5) is 11.5 Å². The molecular formula is C15H18N4O2. The van der Waals surface area contributed by atoms with Gasteiger partial charge in [-0.2, -0.15) is 5.10 Å². The standard InChI is InChI=1S/C15H18N4O2/c1-10(2)19-12(9-14(16)17-19)15(20)18-7-8-21-13-6-4-3-5-11(13)18/h3-6,9-10H,7-8H2,1-2H3,(H2,16,17). The van der Waals surface area contributed by atoms with Gasteiger partial charge in [0.05, 0.1) is 12.2 Å². The summed E-state index contributed by atoms with van der Waals surface area (Å²) in [5.74, 6) is 0.970. The van der Waals surface area contributed by atoms with Crippen molar-refractivity contribution in [1.29, 1.82) is 0 Å². The molecule has 21 heavy (non-hydrogen) atoms. The van der Waals surface area contributed by atoms with E-state index >= 15 is 0 Å². The fourth-order valence-electron chi connectivity index (χ4n) is 2.49. The molecule has 2 heterocycles. The van der Waals surface area contributed by atoms with Crippen LogP contribution >= 0.6 is 0 Å². The number of anilines is 2. The normalized spacial score (nSPS) is 14.0. The zero-order chi connectivity index (χ0) is 15.0. The maximum atomic E-state index is 12.9. The lowest BCUT2D eigenvalue weighted by Crippen LogP contribution is -2.39. The van der Waals surface area contributed by atoms with E-state index < -0.39 is 0 Å². The molecule has 1 aliphatic rings. The van der Waals surface area contributed by atoms with Crippen LogP contribution in [0.1, 0.15) is 30.4 Å². The van der Waals surface area contributed by atoms with E-state index in [4.69, 9.17) is 10.5 Å². The Labute approximate surface area is 123 Å². The molecule has 0 fully saturated rings. The summed E-state index contributed by atoms with van der Waals surface area (Å²) in [6.45, 7) is 4.93. The lowest BCUT2D eigenvalue weighted by atomic mass is 10.2. The quantitative estimate of drug-likeness (QED) is 0.917. The van der Waals surface area contributed by atoms with E-state index in [1.165, 1.54) is 0 Å². The van der Waals surface area contributed by atoms with Crippen molar-refractivity contribution in [3.63, 3.8) is 0 Å². The van der Waals surface area contributed by atoms with Crippen molar-refractivity contribution < 1.29 is 9.53 Å². The van der Waals surface area contributed by atoms with Gasteiger partial charge in [-0.15, -0.1) is 0 Å². The van der Waals surface area contributed by atoms with E-state index in [-0.39, 0.29) is 11.9 Å². The molecule has 1 aromatic carbocycles. The fourth-order valence-corrected chi connectivity index (χ4v) is 2.49. The van der Waals surface area contributed by atoms with E-state index in [0.717, 1.165) is 11.4 Å². The molecule has 110 valence electrons. The number of ether oxygens (including phenoxy) is 1. The Morgan fingerprint density at radius 1 is 1.38 bits per heavy atom. The molecule has 0 spiro atoms. The van der Waals surface area contributed by atoms with Gasteiger partial charge >= 0.3 is 0 Å². The number of nitrogens with zero attached hydrogens (tertiary/aromatic N) is 3. The van der Waals surface area contributed by atoms with Crippen molar-refractivity contribution in [2.75, 3.05) is 23.8 Å². The second-order valence-electron chi connectivity index (χ2n) is 5.27. The number of nitrogens with two attached hydrogens (primary N) is 1. The van der Waals surface area contributed by atoms with Gasteiger partial charge in [0, 0.05) is 12.1 Å². The Hall–Kier alpha value is -2.50. The topological polar surface area (TPSA) is 73.4 Å². The summed E-state index contributed by atoms with van der Waals surface area (Å²) in [5.41, 5.74) is 7.03. The first-order valence-corrected chi connectivity index (χ1v) is 6.96. The minimum atomic E-state index is -0.108. The molecule has 3 rings (SSSR count). The highest BCUT2D eigenvalue weighted by atomic mass is 16.5. The second kappa shape index (κ2) is 5.12. The fraction of sp³-hybridized carbons (Fsp3) is 0.333. The van der Waals surface area contributed by atoms with Gasteiger partial charge in [-0.05, 0) is 26.0 Å². The van der Waals surface area contributed by atoms with Crippen molar-refractivity contribution in [1.82, 2.24) is 9.78 Å². The Morgan fingerprint density at radius 3 is 2.90 bits per heavy atom. The van der Waals surface area contributed by atoms with Gasteiger partial charge in [-0.3, -0.25) is 9.48 Å². The molecule has 1 aromatic heterocycles. The number of benzene rings is 1. The monoisotopic (exact) mass is 286 g/mol. The zero-order valence-corrected chi connectivity index (χ0v) is 12.1. The van der Waals surface area contributed by atoms with Crippen molar-refractivity contribution in [2.45, 2.75) is 19.9 Å².